The lowest BCUT2D eigenvalue weighted by Crippen LogP contribution is -2.29. The number of halogens is 2. The fraction of sp³-hybridized carbons (Fsp3) is 0.154. The van der Waals surface area contributed by atoms with Gasteiger partial charge in [0.25, 0.3) is 0 Å². The van der Waals surface area contributed by atoms with E-state index in [9.17, 15) is 8.78 Å². The summed E-state index contributed by atoms with van der Waals surface area (Å²) in [6, 6.07) is 5.60. The van der Waals surface area contributed by atoms with Crippen LogP contribution in [-0.2, 0) is 0 Å². The van der Waals surface area contributed by atoms with Gasteiger partial charge in [0.05, 0.1) is 12.2 Å². The Morgan fingerprint density at radius 1 is 1.17 bits per heavy atom. The number of aryl methyl sites for hydroxylation is 1. The third-order valence-electron chi connectivity index (χ3n) is 2.76. The SMILES string of the molecule is Cc1ccc(C(NN)c2cncc(F)c2)cc1F. The molecule has 0 saturated heterocycles. The molecular formula is C13H13F2N3. The Morgan fingerprint density at radius 2 is 1.94 bits per heavy atom. The van der Waals surface area contributed by atoms with Gasteiger partial charge in [-0.1, -0.05) is 12.1 Å². The monoisotopic (exact) mass is 249 g/mol. The minimum Gasteiger partial charge on any atom is -0.271 e. The van der Waals surface area contributed by atoms with Gasteiger partial charge in [0, 0.05) is 6.20 Å². The van der Waals surface area contributed by atoms with Crippen molar-refractivity contribution in [1.82, 2.24) is 10.4 Å². The van der Waals surface area contributed by atoms with Crippen LogP contribution in [0.2, 0.25) is 0 Å². The number of rotatable bonds is 3. The van der Waals surface area contributed by atoms with Crippen LogP contribution in [0.4, 0.5) is 8.78 Å². The molecule has 1 aromatic heterocycles. The number of hydrazine groups is 1. The Balaban J connectivity index is 2.42. The van der Waals surface area contributed by atoms with Crippen molar-refractivity contribution in [3.8, 4) is 0 Å². The van der Waals surface area contributed by atoms with Gasteiger partial charge in [-0.05, 0) is 35.7 Å². The maximum absolute atomic E-state index is 13.5. The fourth-order valence-electron chi connectivity index (χ4n) is 1.76. The number of benzene rings is 1. The third-order valence-corrected chi connectivity index (χ3v) is 2.76. The lowest BCUT2D eigenvalue weighted by molar-refractivity contribution is 0.587. The molecule has 0 radical (unpaired) electrons. The predicted molar refractivity (Wildman–Crippen MR) is 64.5 cm³/mol. The van der Waals surface area contributed by atoms with Crippen LogP contribution in [0.1, 0.15) is 22.7 Å². The molecule has 2 aromatic rings. The van der Waals surface area contributed by atoms with Crippen LogP contribution in [0.3, 0.4) is 0 Å². The van der Waals surface area contributed by atoms with Crippen LogP contribution in [0, 0.1) is 18.6 Å². The fourth-order valence-corrected chi connectivity index (χ4v) is 1.76. The van der Waals surface area contributed by atoms with Crippen LogP contribution < -0.4 is 11.3 Å². The normalized spacial score (nSPS) is 12.4. The van der Waals surface area contributed by atoms with Crippen LogP contribution in [0.15, 0.2) is 36.7 Å². The summed E-state index contributed by atoms with van der Waals surface area (Å²) in [5.41, 5.74) is 4.24. The number of pyridine rings is 1. The van der Waals surface area contributed by atoms with Gasteiger partial charge in [-0.3, -0.25) is 10.8 Å². The molecule has 94 valence electrons. The molecule has 1 aromatic carbocycles. The highest BCUT2D eigenvalue weighted by atomic mass is 19.1. The molecule has 0 spiro atoms. The lowest BCUT2D eigenvalue weighted by atomic mass is 9.99. The van der Waals surface area contributed by atoms with Gasteiger partial charge in [0.1, 0.15) is 11.6 Å². The summed E-state index contributed by atoms with van der Waals surface area (Å²) in [7, 11) is 0. The topological polar surface area (TPSA) is 50.9 Å². The molecule has 0 amide bonds. The van der Waals surface area contributed by atoms with E-state index in [0.29, 0.717) is 16.7 Å². The third kappa shape index (κ3) is 2.52. The van der Waals surface area contributed by atoms with Crippen molar-refractivity contribution in [2.45, 2.75) is 13.0 Å². The summed E-state index contributed by atoms with van der Waals surface area (Å²) in [4.78, 5) is 3.75. The minimum absolute atomic E-state index is 0.322. The molecule has 0 saturated carbocycles. The summed E-state index contributed by atoms with van der Waals surface area (Å²) in [6.07, 6.45) is 2.60. The second-order valence-corrected chi connectivity index (χ2v) is 4.04. The zero-order valence-electron chi connectivity index (χ0n) is 9.82. The zero-order chi connectivity index (χ0) is 13.1. The van der Waals surface area contributed by atoms with Crippen molar-refractivity contribution in [1.29, 1.82) is 0 Å². The average Bonchev–Trinajstić information content (AvgIpc) is 2.35. The standard InChI is InChI=1S/C13H13F2N3/c1-8-2-3-9(5-12(8)15)13(18-16)10-4-11(14)7-17-6-10/h2-7,13,18H,16H2,1H3. The number of aromatic nitrogens is 1. The zero-order valence-corrected chi connectivity index (χ0v) is 9.82. The quantitative estimate of drug-likeness (QED) is 0.647. The molecular weight excluding hydrogens is 236 g/mol. The molecule has 3 nitrogen and oxygen atoms in total. The van der Waals surface area contributed by atoms with E-state index in [1.54, 1.807) is 19.1 Å². The second-order valence-electron chi connectivity index (χ2n) is 4.04. The van der Waals surface area contributed by atoms with E-state index in [1.807, 2.05) is 0 Å². The van der Waals surface area contributed by atoms with Crippen LogP contribution in [-0.4, -0.2) is 4.98 Å². The first-order valence-corrected chi connectivity index (χ1v) is 5.44. The molecule has 0 fully saturated rings. The Kier molecular flexibility index (Phi) is 3.64. The molecule has 18 heavy (non-hydrogen) atoms. The van der Waals surface area contributed by atoms with Gasteiger partial charge in [-0.2, -0.15) is 0 Å². The number of nitrogens with zero attached hydrogens (tertiary/aromatic N) is 1. The van der Waals surface area contributed by atoms with Crippen molar-refractivity contribution in [3.63, 3.8) is 0 Å². The Hall–Kier alpha value is -1.85. The molecule has 0 aliphatic rings. The molecule has 1 atom stereocenters. The van der Waals surface area contributed by atoms with Gasteiger partial charge >= 0.3 is 0 Å². The summed E-state index contributed by atoms with van der Waals surface area (Å²) < 4.78 is 26.6. The van der Waals surface area contributed by atoms with Gasteiger partial charge in [-0.25, -0.2) is 14.2 Å². The van der Waals surface area contributed by atoms with E-state index in [0.717, 1.165) is 6.20 Å². The number of nitrogens with one attached hydrogen (secondary N) is 1. The molecule has 2 rings (SSSR count). The highest BCUT2D eigenvalue weighted by Crippen LogP contribution is 2.22. The van der Waals surface area contributed by atoms with E-state index in [1.165, 1.54) is 18.3 Å². The molecule has 0 aliphatic carbocycles. The van der Waals surface area contributed by atoms with Crippen molar-refractivity contribution >= 4 is 0 Å². The van der Waals surface area contributed by atoms with Crippen molar-refractivity contribution in [2.24, 2.45) is 5.84 Å². The Morgan fingerprint density at radius 3 is 2.56 bits per heavy atom. The molecule has 1 heterocycles. The summed E-state index contributed by atoms with van der Waals surface area (Å²) in [6.45, 7) is 1.67. The van der Waals surface area contributed by atoms with E-state index in [2.05, 4.69) is 10.4 Å². The molecule has 0 aliphatic heterocycles. The van der Waals surface area contributed by atoms with Gasteiger partial charge in [-0.15, -0.1) is 0 Å². The average molecular weight is 249 g/mol. The van der Waals surface area contributed by atoms with E-state index in [-0.39, 0.29) is 5.82 Å². The van der Waals surface area contributed by atoms with Gasteiger partial charge in [0.15, 0.2) is 0 Å². The summed E-state index contributed by atoms with van der Waals surface area (Å²) >= 11 is 0. The highest BCUT2D eigenvalue weighted by Gasteiger charge is 2.14. The first kappa shape index (κ1) is 12.6. The van der Waals surface area contributed by atoms with E-state index < -0.39 is 11.9 Å². The number of hydrogen-bond donors (Lipinski definition) is 2. The minimum atomic E-state index is -0.497. The Labute approximate surface area is 104 Å². The highest BCUT2D eigenvalue weighted by molar-refractivity contribution is 5.32. The van der Waals surface area contributed by atoms with Gasteiger partial charge < -0.3 is 0 Å². The van der Waals surface area contributed by atoms with Crippen molar-refractivity contribution in [3.05, 3.63) is 65.0 Å². The largest absolute Gasteiger partial charge is 0.271 e. The molecule has 0 bridgehead atoms. The summed E-state index contributed by atoms with van der Waals surface area (Å²) in [5, 5.41) is 0. The smallest absolute Gasteiger partial charge is 0.141 e. The molecule has 5 heteroatoms. The first-order chi connectivity index (χ1) is 8.61. The van der Waals surface area contributed by atoms with E-state index in [4.69, 9.17) is 5.84 Å². The predicted octanol–water partition coefficient (Wildman–Crippen LogP) is 2.22. The molecule has 1 unspecified atom stereocenters. The first-order valence-electron chi connectivity index (χ1n) is 5.44. The molecule has 3 N–H and O–H groups in total. The van der Waals surface area contributed by atoms with E-state index >= 15 is 0 Å². The van der Waals surface area contributed by atoms with Crippen molar-refractivity contribution in [2.75, 3.05) is 0 Å². The lowest BCUT2D eigenvalue weighted by Gasteiger charge is -2.17. The summed E-state index contributed by atoms with van der Waals surface area (Å²) in [5.74, 6) is 4.67. The maximum atomic E-state index is 13.5. The van der Waals surface area contributed by atoms with Gasteiger partial charge in [0.2, 0.25) is 0 Å². The second kappa shape index (κ2) is 5.20. The van der Waals surface area contributed by atoms with Crippen LogP contribution in [0.5, 0.6) is 0 Å². The Bertz CT molecular complexity index is 558. The number of hydrogen-bond acceptors (Lipinski definition) is 3. The maximum Gasteiger partial charge on any atom is 0.141 e. The van der Waals surface area contributed by atoms with Crippen LogP contribution >= 0.6 is 0 Å². The van der Waals surface area contributed by atoms with Crippen LogP contribution in [0.25, 0.3) is 0 Å². The van der Waals surface area contributed by atoms with Crippen molar-refractivity contribution < 1.29 is 8.78 Å². The number of nitrogens with two attached hydrogens (primary N) is 1.